The van der Waals surface area contributed by atoms with Crippen molar-refractivity contribution >= 4 is 22.7 Å². The Kier molecular flexibility index (Phi) is 17.6. The number of carboxylic acid groups (broad SMARTS) is 1. The van der Waals surface area contributed by atoms with Crippen LogP contribution >= 0.6 is 0 Å². The quantitative estimate of drug-likeness (QED) is 0.152. The number of benzene rings is 1. The highest BCUT2D eigenvalue weighted by molar-refractivity contribution is 6.70. The Balaban J connectivity index is 0. The molecule has 8 heteroatoms. The molecular formula is C23H45FO5Si2. The Bertz CT molecular complexity index is 556. The zero-order valence-electron chi connectivity index (χ0n) is 20.4. The van der Waals surface area contributed by atoms with Crippen molar-refractivity contribution in [2.45, 2.75) is 103 Å². The molecule has 0 fully saturated rings. The number of halogens is 1. The molecule has 0 aliphatic heterocycles. The van der Waals surface area contributed by atoms with Crippen molar-refractivity contribution in [1.82, 2.24) is 0 Å². The van der Waals surface area contributed by atoms with E-state index < -0.39 is 22.7 Å². The molecule has 182 valence electrons. The molecule has 0 saturated carbocycles. The third-order valence-electron chi connectivity index (χ3n) is 4.42. The van der Waals surface area contributed by atoms with Crippen LogP contribution in [0.5, 0.6) is 11.5 Å². The van der Waals surface area contributed by atoms with Gasteiger partial charge in [-0.2, -0.15) is 0 Å². The maximum Gasteiger partial charge on any atom is 0.335 e. The van der Waals surface area contributed by atoms with E-state index in [0.29, 0.717) is 0 Å². The van der Waals surface area contributed by atoms with Crippen molar-refractivity contribution in [3.8, 4) is 11.5 Å². The van der Waals surface area contributed by atoms with Crippen molar-refractivity contribution in [2.75, 3.05) is 0 Å². The zero-order valence-corrected chi connectivity index (χ0v) is 22.4. The van der Waals surface area contributed by atoms with Gasteiger partial charge in [0.25, 0.3) is 0 Å². The van der Waals surface area contributed by atoms with E-state index in [9.17, 15) is 13.7 Å². The van der Waals surface area contributed by atoms with Gasteiger partial charge in [-0.05, 0) is 50.4 Å². The molecule has 0 saturated heterocycles. The standard InChI is InChI=1S/C8H19FSi.C8H20OSi.C7H6O4/c2*1-4-5-6-7-8-10(2,3)9;8-5-1-4(7(10)11)2-6(9)3-5/h4-8H2,1-3H3;9H,4-8H2,1-3H3;1-3,8-9H,(H,10,11). The molecule has 4 N–H and O–H groups in total. The van der Waals surface area contributed by atoms with Crippen LogP contribution in [0, 0.1) is 0 Å². The lowest BCUT2D eigenvalue weighted by Gasteiger charge is -2.12. The Hall–Kier alpha value is -1.39. The lowest BCUT2D eigenvalue weighted by atomic mass is 10.2. The largest absolute Gasteiger partial charge is 0.508 e. The molecule has 0 aromatic heterocycles. The SMILES string of the molecule is CCCCCC[Si](C)(C)F.CCCCCC[Si](C)(C)O.O=C(O)c1cc(O)cc(O)c1. The normalized spacial score (nSPS) is 11.1. The summed E-state index contributed by atoms with van der Waals surface area (Å²) in [5.41, 5.74) is -0.137. The highest BCUT2D eigenvalue weighted by Crippen LogP contribution is 2.20. The van der Waals surface area contributed by atoms with Gasteiger partial charge in [-0.1, -0.05) is 65.2 Å². The first-order valence-corrected chi connectivity index (χ1v) is 17.6. The number of aromatic carboxylic acids is 1. The topological polar surface area (TPSA) is 98.0 Å². The molecule has 0 heterocycles. The van der Waals surface area contributed by atoms with Gasteiger partial charge in [-0.25, -0.2) is 4.79 Å². The van der Waals surface area contributed by atoms with E-state index in [1.165, 1.54) is 44.9 Å². The number of aromatic hydroxyl groups is 2. The number of hydrogen-bond acceptors (Lipinski definition) is 4. The summed E-state index contributed by atoms with van der Waals surface area (Å²) < 4.78 is 13.0. The van der Waals surface area contributed by atoms with Crippen LogP contribution in [0.15, 0.2) is 18.2 Å². The predicted octanol–water partition coefficient (Wildman–Crippen LogP) is 7.30. The third-order valence-corrected chi connectivity index (χ3v) is 7.54. The van der Waals surface area contributed by atoms with E-state index in [2.05, 4.69) is 13.8 Å². The first-order valence-electron chi connectivity index (χ1n) is 11.4. The molecule has 0 spiro atoms. The molecule has 0 bridgehead atoms. The molecule has 1 aromatic carbocycles. The number of unbranched alkanes of at least 4 members (excludes halogenated alkanes) is 6. The van der Waals surface area contributed by atoms with Crippen LogP contribution in [0.1, 0.15) is 75.6 Å². The van der Waals surface area contributed by atoms with E-state index in [-0.39, 0.29) is 17.1 Å². The third kappa shape index (κ3) is 24.8. The summed E-state index contributed by atoms with van der Waals surface area (Å²) in [7, 11) is -3.91. The van der Waals surface area contributed by atoms with Crippen LogP contribution in [0.25, 0.3) is 0 Å². The van der Waals surface area contributed by atoms with Crippen molar-refractivity contribution in [2.24, 2.45) is 0 Å². The minimum absolute atomic E-state index is 0.137. The fraction of sp³-hybridized carbons (Fsp3) is 0.696. The van der Waals surface area contributed by atoms with Gasteiger partial charge in [0.15, 0.2) is 8.32 Å². The highest BCUT2D eigenvalue weighted by Gasteiger charge is 2.18. The molecule has 5 nitrogen and oxygen atoms in total. The highest BCUT2D eigenvalue weighted by atomic mass is 28.4. The lowest BCUT2D eigenvalue weighted by Crippen LogP contribution is -2.23. The lowest BCUT2D eigenvalue weighted by molar-refractivity contribution is 0.0696. The van der Waals surface area contributed by atoms with Crippen LogP contribution in [-0.4, -0.2) is 42.8 Å². The molecule has 0 amide bonds. The Morgan fingerprint density at radius 3 is 1.55 bits per heavy atom. The molecule has 1 rings (SSSR count). The van der Waals surface area contributed by atoms with E-state index in [1.54, 1.807) is 13.1 Å². The van der Waals surface area contributed by atoms with Crippen molar-refractivity contribution in [3.63, 3.8) is 0 Å². The van der Waals surface area contributed by atoms with Gasteiger partial charge in [0, 0.05) is 6.07 Å². The molecule has 0 aliphatic rings. The van der Waals surface area contributed by atoms with Gasteiger partial charge < -0.3 is 24.2 Å². The summed E-state index contributed by atoms with van der Waals surface area (Å²) >= 11 is 0. The van der Waals surface area contributed by atoms with Gasteiger partial charge in [-0.3, -0.25) is 0 Å². The Labute approximate surface area is 190 Å². The van der Waals surface area contributed by atoms with Crippen LogP contribution in [0.3, 0.4) is 0 Å². The number of phenolic OH excluding ortho intramolecular Hbond substituents is 2. The molecule has 1 aromatic rings. The average Bonchev–Trinajstić information content (AvgIpc) is 2.61. The van der Waals surface area contributed by atoms with Crippen molar-refractivity contribution in [1.29, 1.82) is 0 Å². The number of hydrogen-bond donors (Lipinski definition) is 4. The van der Waals surface area contributed by atoms with Crippen LogP contribution in [-0.2, 0) is 0 Å². The number of carboxylic acids is 1. The second-order valence-electron chi connectivity index (χ2n) is 9.20. The second kappa shape index (κ2) is 17.2. The molecule has 0 aliphatic carbocycles. The monoisotopic (exact) mass is 476 g/mol. The van der Waals surface area contributed by atoms with Crippen molar-refractivity contribution < 1.29 is 29.0 Å². The maximum absolute atomic E-state index is 13.0. The van der Waals surface area contributed by atoms with Crippen molar-refractivity contribution in [3.05, 3.63) is 23.8 Å². The Morgan fingerprint density at radius 2 is 1.23 bits per heavy atom. The molecule has 0 atom stereocenters. The summed E-state index contributed by atoms with van der Waals surface area (Å²) in [6.07, 6.45) is 9.97. The minimum atomic E-state index is -2.21. The first-order chi connectivity index (χ1) is 14.2. The maximum atomic E-state index is 13.0. The zero-order chi connectivity index (χ0) is 24.5. The fourth-order valence-electron chi connectivity index (χ4n) is 2.68. The van der Waals surface area contributed by atoms with Crippen LogP contribution in [0.2, 0.25) is 38.3 Å². The molecule has 31 heavy (non-hydrogen) atoms. The number of phenols is 2. The summed E-state index contributed by atoms with van der Waals surface area (Å²) in [6.45, 7) is 12.0. The average molecular weight is 477 g/mol. The number of carbonyl (C=O) groups is 1. The minimum Gasteiger partial charge on any atom is -0.508 e. The van der Waals surface area contributed by atoms with Crippen LogP contribution < -0.4 is 0 Å². The summed E-state index contributed by atoms with van der Waals surface area (Å²) in [4.78, 5) is 19.7. The van der Waals surface area contributed by atoms with Crippen LogP contribution in [0.4, 0.5) is 4.11 Å². The van der Waals surface area contributed by atoms with Gasteiger partial charge in [0.2, 0.25) is 8.41 Å². The van der Waals surface area contributed by atoms with Gasteiger partial charge >= 0.3 is 5.97 Å². The van der Waals surface area contributed by atoms with Gasteiger partial charge in [0.1, 0.15) is 11.5 Å². The molecule has 0 radical (unpaired) electrons. The van der Waals surface area contributed by atoms with E-state index >= 15 is 0 Å². The Morgan fingerprint density at radius 1 is 0.806 bits per heavy atom. The predicted molar refractivity (Wildman–Crippen MR) is 133 cm³/mol. The van der Waals surface area contributed by atoms with Gasteiger partial charge in [-0.15, -0.1) is 0 Å². The summed E-state index contributed by atoms with van der Waals surface area (Å²) in [5.74, 6) is -1.71. The second-order valence-corrected chi connectivity index (χ2v) is 17.3. The summed E-state index contributed by atoms with van der Waals surface area (Å²) in [6, 6.07) is 5.11. The first kappa shape index (κ1) is 31.8. The van der Waals surface area contributed by atoms with E-state index in [4.69, 9.17) is 15.3 Å². The molecular weight excluding hydrogens is 431 g/mol. The molecule has 0 unspecified atom stereocenters. The van der Waals surface area contributed by atoms with E-state index in [1.807, 2.05) is 13.1 Å². The fourth-order valence-corrected chi connectivity index (χ4v) is 4.88. The smallest absolute Gasteiger partial charge is 0.335 e. The van der Waals surface area contributed by atoms with Gasteiger partial charge in [0.05, 0.1) is 5.56 Å². The van der Waals surface area contributed by atoms with E-state index in [0.717, 1.165) is 36.7 Å². The summed E-state index contributed by atoms with van der Waals surface area (Å²) in [5, 5.41) is 26.1. The number of rotatable bonds is 11.